The fraction of sp³-hybridized carbons (Fsp3) is 0.348. The number of anilines is 1. The van der Waals surface area contributed by atoms with E-state index in [1.54, 1.807) is 18.2 Å². The number of nitrogens with one attached hydrogen (secondary N) is 3. The fourth-order valence-electron chi connectivity index (χ4n) is 2.71. The van der Waals surface area contributed by atoms with Crippen LogP contribution in [0.1, 0.15) is 48.2 Å². The Hall–Kier alpha value is -2.87. The number of hydrogen-bond donors (Lipinski definition) is 3. The number of hydrogen-bond acceptors (Lipinski definition) is 4. The molecule has 0 aliphatic carbocycles. The van der Waals surface area contributed by atoms with Crippen LogP contribution in [0.25, 0.3) is 0 Å². The second-order valence-corrected chi connectivity index (χ2v) is 8.63. The zero-order chi connectivity index (χ0) is 23.0. The molecule has 3 N–H and O–H groups in total. The summed E-state index contributed by atoms with van der Waals surface area (Å²) in [6.45, 7) is 8.37. The molecule has 7 nitrogen and oxygen atoms in total. The maximum atomic E-state index is 12.5. The second kappa shape index (κ2) is 11.5. The molecule has 0 saturated carbocycles. The summed E-state index contributed by atoms with van der Waals surface area (Å²) in [6, 6.07) is 10.8. The molecule has 2 rings (SSSR count). The first kappa shape index (κ1) is 24.4. The van der Waals surface area contributed by atoms with Gasteiger partial charge in [-0.05, 0) is 49.6 Å². The highest BCUT2D eigenvalue weighted by molar-refractivity contribution is 9.10. The number of ether oxygens (including phenoxy) is 1. The molecule has 31 heavy (non-hydrogen) atoms. The first-order valence-electron chi connectivity index (χ1n) is 10.0. The number of amides is 3. The molecule has 0 bridgehead atoms. The van der Waals surface area contributed by atoms with Gasteiger partial charge in [0, 0.05) is 23.0 Å². The number of hydrazine groups is 1. The summed E-state index contributed by atoms with van der Waals surface area (Å²) in [6.07, 6.45) is -0.0686. The van der Waals surface area contributed by atoms with Gasteiger partial charge in [-0.15, -0.1) is 0 Å². The van der Waals surface area contributed by atoms with Gasteiger partial charge in [-0.25, -0.2) is 0 Å². The standard InChI is InChI=1S/C23H28BrN3O4/c1-14(2)13-31-20-8-6-17(24)12-18(20)23(30)27-26-22(29)10-9-21(28)25-19-7-5-15(3)11-16(19)4/h5-8,11-12,14H,9-10,13H2,1-4H3,(H,25,28)(H,26,29)(H,27,30). The van der Waals surface area contributed by atoms with Crippen molar-refractivity contribution in [2.24, 2.45) is 5.92 Å². The summed E-state index contributed by atoms with van der Waals surface area (Å²) in [5.41, 5.74) is 7.78. The van der Waals surface area contributed by atoms with E-state index in [1.165, 1.54) is 0 Å². The smallest absolute Gasteiger partial charge is 0.273 e. The zero-order valence-electron chi connectivity index (χ0n) is 18.2. The SMILES string of the molecule is Cc1ccc(NC(=O)CCC(=O)NNC(=O)c2cc(Br)ccc2OCC(C)C)c(C)c1. The number of rotatable bonds is 8. The van der Waals surface area contributed by atoms with Crippen molar-refractivity contribution >= 4 is 39.3 Å². The lowest BCUT2D eigenvalue weighted by molar-refractivity contribution is -0.124. The number of halogens is 1. The minimum atomic E-state index is -0.506. The van der Waals surface area contributed by atoms with Crippen LogP contribution in [0.2, 0.25) is 0 Å². The highest BCUT2D eigenvalue weighted by Crippen LogP contribution is 2.23. The van der Waals surface area contributed by atoms with Crippen molar-refractivity contribution in [3.63, 3.8) is 0 Å². The third-order valence-electron chi connectivity index (χ3n) is 4.31. The highest BCUT2D eigenvalue weighted by atomic mass is 79.9. The summed E-state index contributed by atoms with van der Waals surface area (Å²) in [4.78, 5) is 36.7. The van der Waals surface area contributed by atoms with Crippen LogP contribution < -0.4 is 20.9 Å². The lowest BCUT2D eigenvalue weighted by Crippen LogP contribution is -2.42. The molecule has 0 saturated heterocycles. The Labute approximate surface area is 191 Å². The van der Waals surface area contributed by atoms with E-state index in [0.29, 0.717) is 34.0 Å². The Kier molecular flexibility index (Phi) is 9.05. The van der Waals surface area contributed by atoms with Crippen LogP contribution in [0.3, 0.4) is 0 Å². The molecular weight excluding hydrogens is 462 g/mol. The molecule has 8 heteroatoms. The van der Waals surface area contributed by atoms with E-state index in [9.17, 15) is 14.4 Å². The summed E-state index contributed by atoms with van der Waals surface area (Å²) >= 11 is 3.33. The molecule has 2 aromatic rings. The molecule has 0 fully saturated rings. The molecule has 2 aromatic carbocycles. The monoisotopic (exact) mass is 489 g/mol. The van der Waals surface area contributed by atoms with Crippen LogP contribution in [0.4, 0.5) is 5.69 Å². The lowest BCUT2D eigenvalue weighted by Gasteiger charge is -2.14. The van der Waals surface area contributed by atoms with Crippen LogP contribution in [0.5, 0.6) is 5.75 Å². The quantitative estimate of drug-likeness (QED) is 0.482. The van der Waals surface area contributed by atoms with Crippen LogP contribution in [-0.2, 0) is 9.59 Å². The molecule has 166 valence electrons. The summed E-state index contributed by atoms with van der Waals surface area (Å²) in [5.74, 6) is -0.521. The predicted molar refractivity (Wildman–Crippen MR) is 124 cm³/mol. The maximum Gasteiger partial charge on any atom is 0.273 e. The number of benzene rings is 2. The van der Waals surface area contributed by atoms with Crippen molar-refractivity contribution in [2.45, 2.75) is 40.5 Å². The van der Waals surface area contributed by atoms with Crippen molar-refractivity contribution in [3.8, 4) is 5.75 Å². The van der Waals surface area contributed by atoms with Crippen LogP contribution in [-0.4, -0.2) is 24.3 Å². The van der Waals surface area contributed by atoms with Gasteiger partial charge in [0.25, 0.3) is 5.91 Å². The number of aryl methyl sites for hydroxylation is 2. The van der Waals surface area contributed by atoms with E-state index in [0.717, 1.165) is 11.1 Å². The van der Waals surface area contributed by atoms with Gasteiger partial charge in [0.05, 0.1) is 12.2 Å². The summed E-state index contributed by atoms with van der Waals surface area (Å²) in [5, 5.41) is 2.79. The van der Waals surface area contributed by atoms with Gasteiger partial charge in [-0.3, -0.25) is 25.2 Å². The Morgan fingerprint density at radius 2 is 1.68 bits per heavy atom. The van der Waals surface area contributed by atoms with Gasteiger partial charge in [0.2, 0.25) is 11.8 Å². The largest absolute Gasteiger partial charge is 0.492 e. The molecule has 0 spiro atoms. The van der Waals surface area contributed by atoms with Crippen molar-refractivity contribution in [1.29, 1.82) is 0 Å². The van der Waals surface area contributed by atoms with E-state index in [4.69, 9.17) is 4.74 Å². The summed E-state index contributed by atoms with van der Waals surface area (Å²) in [7, 11) is 0. The molecule has 0 aliphatic rings. The fourth-order valence-corrected chi connectivity index (χ4v) is 3.07. The Balaban J connectivity index is 1.85. The molecule has 3 amide bonds. The Morgan fingerprint density at radius 1 is 0.968 bits per heavy atom. The van der Waals surface area contributed by atoms with Gasteiger partial charge in [-0.1, -0.05) is 47.5 Å². The minimum absolute atomic E-state index is 0.00530. The van der Waals surface area contributed by atoms with Gasteiger partial charge < -0.3 is 10.1 Å². The molecular formula is C23H28BrN3O4. The third kappa shape index (κ3) is 8.05. The number of carbonyl (C=O) groups is 3. The summed E-state index contributed by atoms with van der Waals surface area (Å²) < 4.78 is 6.40. The first-order chi connectivity index (χ1) is 14.7. The average molecular weight is 490 g/mol. The maximum absolute atomic E-state index is 12.5. The van der Waals surface area contributed by atoms with E-state index < -0.39 is 11.8 Å². The van der Waals surface area contributed by atoms with Crippen LogP contribution >= 0.6 is 15.9 Å². The lowest BCUT2D eigenvalue weighted by atomic mass is 10.1. The van der Waals surface area contributed by atoms with Crippen molar-refractivity contribution in [1.82, 2.24) is 10.9 Å². The van der Waals surface area contributed by atoms with Crippen molar-refractivity contribution < 1.29 is 19.1 Å². The Bertz CT molecular complexity index is 960. The second-order valence-electron chi connectivity index (χ2n) is 7.71. The topological polar surface area (TPSA) is 96.5 Å². The molecule has 0 unspecified atom stereocenters. The van der Waals surface area contributed by atoms with E-state index in [1.807, 2.05) is 45.9 Å². The first-order valence-corrected chi connectivity index (χ1v) is 10.8. The minimum Gasteiger partial charge on any atom is -0.492 e. The predicted octanol–water partition coefficient (Wildman–Crippen LogP) is 4.28. The molecule has 0 aromatic heterocycles. The van der Waals surface area contributed by atoms with Crippen molar-refractivity contribution in [3.05, 3.63) is 57.6 Å². The van der Waals surface area contributed by atoms with E-state index in [2.05, 4.69) is 32.1 Å². The zero-order valence-corrected chi connectivity index (χ0v) is 19.8. The van der Waals surface area contributed by atoms with E-state index in [-0.39, 0.29) is 18.7 Å². The van der Waals surface area contributed by atoms with Crippen LogP contribution in [0.15, 0.2) is 40.9 Å². The van der Waals surface area contributed by atoms with Gasteiger partial charge in [0.15, 0.2) is 0 Å². The molecule has 0 radical (unpaired) electrons. The van der Waals surface area contributed by atoms with Crippen LogP contribution in [0, 0.1) is 19.8 Å². The number of carbonyl (C=O) groups excluding carboxylic acids is 3. The third-order valence-corrected chi connectivity index (χ3v) is 4.80. The normalized spacial score (nSPS) is 10.5. The molecule has 0 atom stereocenters. The average Bonchev–Trinajstić information content (AvgIpc) is 2.71. The molecule has 0 heterocycles. The van der Waals surface area contributed by atoms with Gasteiger partial charge >= 0.3 is 0 Å². The van der Waals surface area contributed by atoms with Crippen molar-refractivity contribution in [2.75, 3.05) is 11.9 Å². The van der Waals surface area contributed by atoms with E-state index >= 15 is 0 Å². The molecule has 0 aliphatic heterocycles. The van der Waals surface area contributed by atoms with Gasteiger partial charge in [-0.2, -0.15) is 0 Å². The van der Waals surface area contributed by atoms with Gasteiger partial charge in [0.1, 0.15) is 5.75 Å². The Morgan fingerprint density at radius 3 is 2.35 bits per heavy atom. The highest BCUT2D eigenvalue weighted by Gasteiger charge is 2.15.